The standard InChI is InChI=1S/C67H43NO/c1-2-16-44(17-3-1)45-30-35-48(36-31-45)68(50-39-41-66-60(43-50)54-21-7-6-20-53(54)59-25-11-15-29-65(59)69-66)49-37-32-46(33-38-49)47-34-40-58-57-24-10-14-28-63(57)67(64(58)42-47)61-26-12-8-22-55(61)51-18-4-5-19-52(51)56-23-9-13-27-62(56)67/h1-43H. The fourth-order valence-electron chi connectivity index (χ4n) is 11.7. The van der Waals surface area contributed by atoms with Crippen LogP contribution in [0.2, 0.25) is 0 Å². The van der Waals surface area contributed by atoms with Gasteiger partial charge in [-0.1, -0.05) is 206 Å². The molecule has 2 aliphatic carbocycles. The van der Waals surface area contributed by atoms with Crippen molar-refractivity contribution in [3.05, 3.63) is 283 Å². The maximum absolute atomic E-state index is 6.70. The van der Waals surface area contributed by atoms with E-state index in [1.807, 2.05) is 6.07 Å². The second-order valence-electron chi connectivity index (χ2n) is 18.3. The van der Waals surface area contributed by atoms with Gasteiger partial charge in [-0.05, 0) is 144 Å². The second kappa shape index (κ2) is 15.6. The molecule has 11 aromatic carbocycles. The highest BCUT2D eigenvalue weighted by Gasteiger charge is 2.49. The zero-order valence-electron chi connectivity index (χ0n) is 37.7. The van der Waals surface area contributed by atoms with Gasteiger partial charge in [0, 0.05) is 28.2 Å². The van der Waals surface area contributed by atoms with Crippen LogP contribution in [0.1, 0.15) is 22.3 Å². The molecule has 3 aliphatic rings. The zero-order valence-corrected chi connectivity index (χ0v) is 37.7. The predicted octanol–water partition coefficient (Wildman–Crippen LogP) is 17.9. The molecule has 2 nitrogen and oxygen atoms in total. The van der Waals surface area contributed by atoms with Gasteiger partial charge in [0.2, 0.25) is 0 Å². The summed E-state index contributed by atoms with van der Waals surface area (Å²) in [6, 6.07) is 95.6. The summed E-state index contributed by atoms with van der Waals surface area (Å²) in [5.41, 5.74) is 24.7. The number of benzene rings is 11. The fraction of sp³-hybridized carbons (Fsp3) is 0.0149. The van der Waals surface area contributed by atoms with Crippen LogP contribution in [-0.2, 0) is 5.41 Å². The predicted molar refractivity (Wildman–Crippen MR) is 285 cm³/mol. The highest BCUT2D eigenvalue weighted by atomic mass is 16.5. The Morgan fingerprint density at radius 2 is 0.609 bits per heavy atom. The summed E-state index contributed by atoms with van der Waals surface area (Å²) in [4.78, 5) is 2.37. The average Bonchev–Trinajstić information content (AvgIpc) is 3.56. The smallest absolute Gasteiger partial charge is 0.135 e. The van der Waals surface area contributed by atoms with Crippen molar-refractivity contribution in [1.82, 2.24) is 0 Å². The van der Waals surface area contributed by atoms with Crippen molar-refractivity contribution in [2.75, 3.05) is 4.90 Å². The lowest BCUT2D eigenvalue weighted by Gasteiger charge is -2.35. The largest absolute Gasteiger partial charge is 0.456 e. The van der Waals surface area contributed by atoms with E-state index in [1.54, 1.807) is 0 Å². The summed E-state index contributed by atoms with van der Waals surface area (Å²) in [5, 5.41) is 0. The topological polar surface area (TPSA) is 12.5 Å². The minimum Gasteiger partial charge on any atom is -0.456 e. The van der Waals surface area contributed by atoms with Crippen LogP contribution in [0, 0.1) is 0 Å². The Kier molecular flexibility index (Phi) is 8.84. The van der Waals surface area contributed by atoms with Crippen LogP contribution in [0.15, 0.2) is 261 Å². The number of ether oxygens (including phenoxy) is 1. The number of rotatable bonds is 5. The molecule has 0 saturated heterocycles. The Morgan fingerprint density at radius 3 is 1.19 bits per heavy atom. The molecule has 2 heteroatoms. The number of nitrogens with zero attached hydrogens (tertiary/aromatic N) is 1. The fourth-order valence-corrected chi connectivity index (χ4v) is 11.7. The van der Waals surface area contributed by atoms with E-state index in [9.17, 15) is 0 Å². The molecule has 0 aromatic heterocycles. The zero-order chi connectivity index (χ0) is 45.5. The lowest BCUT2D eigenvalue weighted by Crippen LogP contribution is -2.29. The van der Waals surface area contributed by atoms with E-state index in [0.29, 0.717) is 0 Å². The maximum atomic E-state index is 6.70. The van der Waals surface area contributed by atoms with Crippen molar-refractivity contribution in [3.8, 4) is 89.4 Å². The van der Waals surface area contributed by atoms with Crippen molar-refractivity contribution < 1.29 is 4.74 Å². The molecule has 322 valence electrons. The van der Waals surface area contributed by atoms with Crippen molar-refractivity contribution >= 4 is 17.1 Å². The van der Waals surface area contributed by atoms with Crippen LogP contribution in [0.4, 0.5) is 17.1 Å². The van der Waals surface area contributed by atoms with Gasteiger partial charge in [-0.25, -0.2) is 0 Å². The van der Waals surface area contributed by atoms with E-state index in [1.165, 1.54) is 72.3 Å². The normalized spacial score (nSPS) is 12.9. The van der Waals surface area contributed by atoms with Crippen LogP contribution >= 0.6 is 0 Å². The molecule has 69 heavy (non-hydrogen) atoms. The first-order chi connectivity index (χ1) is 34.2. The molecule has 0 unspecified atom stereocenters. The van der Waals surface area contributed by atoms with Crippen LogP contribution < -0.4 is 9.64 Å². The van der Waals surface area contributed by atoms with Gasteiger partial charge in [-0.3, -0.25) is 0 Å². The van der Waals surface area contributed by atoms with Gasteiger partial charge >= 0.3 is 0 Å². The molecule has 0 N–H and O–H groups in total. The average molecular weight is 878 g/mol. The molecule has 14 rings (SSSR count). The van der Waals surface area contributed by atoms with Crippen LogP contribution in [0.25, 0.3) is 77.9 Å². The van der Waals surface area contributed by atoms with Crippen LogP contribution in [-0.4, -0.2) is 0 Å². The molecule has 0 radical (unpaired) electrons. The van der Waals surface area contributed by atoms with E-state index in [2.05, 4.69) is 260 Å². The Hall–Kier alpha value is -8.98. The Bertz CT molecular complexity index is 3740. The highest BCUT2D eigenvalue weighted by Crippen LogP contribution is 2.62. The Labute approximate surface area is 402 Å². The number of para-hydroxylation sites is 1. The molecule has 1 heterocycles. The third-order valence-electron chi connectivity index (χ3n) is 14.7. The molecule has 0 saturated carbocycles. The molecule has 0 atom stereocenters. The van der Waals surface area contributed by atoms with Crippen LogP contribution in [0.5, 0.6) is 11.5 Å². The molecule has 1 aliphatic heterocycles. The molecular formula is C67H43NO. The summed E-state index contributed by atoms with van der Waals surface area (Å²) in [6.07, 6.45) is 0. The van der Waals surface area contributed by atoms with E-state index in [0.717, 1.165) is 56.4 Å². The second-order valence-corrected chi connectivity index (χ2v) is 18.3. The van der Waals surface area contributed by atoms with Crippen molar-refractivity contribution in [2.24, 2.45) is 0 Å². The van der Waals surface area contributed by atoms with Gasteiger partial charge in [-0.2, -0.15) is 0 Å². The van der Waals surface area contributed by atoms with Gasteiger partial charge in [0.05, 0.1) is 5.41 Å². The third-order valence-corrected chi connectivity index (χ3v) is 14.7. The first kappa shape index (κ1) is 39.2. The van der Waals surface area contributed by atoms with E-state index < -0.39 is 5.41 Å². The van der Waals surface area contributed by atoms with Crippen LogP contribution in [0.3, 0.4) is 0 Å². The van der Waals surface area contributed by atoms with Gasteiger partial charge < -0.3 is 9.64 Å². The maximum Gasteiger partial charge on any atom is 0.135 e. The number of anilines is 3. The lowest BCUT2D eigenvalue weighted by atomic mass is 9.65. The summed E-state index contributed by atoms with van der Waals surface area (Å²) < 4.78 is 6.70. The minimum absolute atomic E-state index is 0.536. The molecule has 11 aromatic rings. The first-order valence-electron chi connectivity index (χ1n) is 23.8. The van der Waals surface area contributed by atoms with Crippen molar-refractivity contribution in [3.63, 3.8) is 0 Å². The monoisotopic (exact) mass is 877 g/mol. The van der Waals surface area contributed by atoms with Gasteiger partial charge in [0.15, 0.2) is 0 Å². The van der Waals surface area contributed by atoms with Crippen molar-refractivity contribution in [1.29, 1.82) is 0 Å². The quantitative estimate of drug-likeness (QED) is 0.171. The van der Waals surface area contributed by atoms with E-state index in [-0.39, 0.29) is 0 Å². The summed E-state index contributed by atoms with van der Waals surface area (Å²) >= 11 is 0. The Morgan fingerprint density at radius 1 is 0.232 bits per heavy atom. The number of hydrogen-bond donors (Lipinski definition) is 0. The summed E-state index contributed by atoms with van der Waals surface area (Å²) in [6.45, 7) is 0. The molecule has 1 spiro atoms. The van der Waals surface area contributed by atoms with E-state index >= 15 is 0 Å². The number of hydrogen-bond acceptors (Lipinski definition) is 2. The Balaban J connectivity index is 0.920. The molecule has 0 fully saturated rings. The molecule has 0 amide bonds. The summed E-state index contributed by atoms with van der Waals surface area (Å²) in [5.74, 6) is 1.70. The molecule has 0 bridgehead atoms. The first-order valence-corrected chi connectivity index (χ1v) is 23.8. The summed E-state index contributed by atoms with van der Waals surface area (Å²) in [7, 11) is 0. The highest BCUT2D eigenvalue weighted by molar-refractivity contribution is 5.98. The van der Waals surface area contributed by atoms with Gasteiger partial charge in [0.25, 0.3) is 0 Å². The third kappa shape index (κ3) is 5.99. The van der Waals surface area contributed by atoms with Gasteiger partial charge in [0.1, 0.15) is 11.5 Å². The van der Waals surface area contributed by atoms with Crippen molar-refractivity contribution in [2.45, 2.75) is 5.41 Å². The molecular weight excluding hydrogens is 835 g/mol. The lowest BCUT2D eigenvalue weighted by molar-refractivity contribution is 0.488. The minimum atomic E-state index is -0.536. The van der Waals surface area contributed by atoms with Gasteiger partial charge in [-0.15, -0.1) is 0 Å². The SMILES string of the molecule is c1ccc(-c2ccc(N(c3ccc(-c4ccc5c(c4)C4(c6ccccc6-c6ccccc6-c6ccccc64)c4ccccc4-5)cc3)c3ccc4c(c3)-c3ccccc3-c3ccccc3O4)cc2)cc1. The number of fused-ring (bicyclic) bond motifs is 17. The van der Waals surface area contributed by atoms with E-state index in [4.69, 9.17) is 4.74 Å².